The third-order valence-electron chi connectivity index (χ3n) is 4.20. The predicted octanol–water partition coefficient (Wildman–Crippen LogP) is 1.95. The number of ether oxygens (including phenoxy) is 1. The minimum absolute atomic E-state index is 0.132. The van der Waals surface area contributed by atoms with Crippen molar-refractivity contribution < 1.29 is 9.53 Å². The van der Waals surface area contributed by atoms with Crippen LogP contribution in [0.15, 0.2) is 18.2 Å². The van der Waals surface area contributed by atoms with Crippen LogP contribution in [0.4, 0.5) is 5.69 Å². The summed E-state index contributed by atoms with van der Waals surface area (Å²) < 4.78 is 5.47. The van der Waals surface area contributed by atoms with E-state index in [2.05, 4.69) is 17.6 Å². The summed E-state index contributed by atoms with van der Waals surface area (Å²) in [5.74, 6) is 1.08. The van der Waals surface area contributed by atoms with Crippen molar-refractivity contribution in [3.63, 3.8) is 0 Å². The molecule has 1 aromatic carbocycles. The molecule has 1 saturated heterocycles. The molecular weight excluding hydrogens is 240 g/mol. The number of piperidine rings is 1. The summed E-state index contributed by atoms with van der Waals surface area (Å²) >= 11 is 0. The largest absolute Gasteiger partial charge is 0.493 e. The number of carbonyl (C=O) groups is 1. The smallest absolute Gasteiger partial charge is 0.230 e. The van der Waals surface area contributed by atoms with Crippen molar-refractivity contribution in [2.75, 3.05) is 25.0 Å². The van der Waals surface area contributed by atoms with Gasteiger partial charge in [0.15, 0.2) is 0 Å². The normalized spacial score (nSPS) is 20.5. The third kappa shape index (κ3) is 2.45. The Morgan fingerprint density at radius 2 is 2.16 bits per heavy atom. The molecule has 0 spiro atoms. The highest BCUT2D eigenvalue weighted by Gasteiger charge is 2.34. The summed E-state index contributed by atoms with van der Waals surface area (Å²) in [4.78, 5) is 12.4. The van der Waals surface area contributed by atoms with E-state index in [0.717, 1.165) is 50.4 Å². The summed E-state index contributed by atoms with van der Waals surface area (Å²) in [6, 6.07) is 5.90. The second-order valence-corrected chi connectivity index (χ2v) is 5.69. The molecule has 19 heavy (non-hydrogen) atoms. The van der Waals surface area contributed by atoms with E-state index in [4.69, 9.17) is 4.74 Å². The van der Waals surface area contributed by atoms with Crippen LogP contribution < -0.4 is 15.4 Å². The standard InChI is InChI=1S/C15H20N2O2/c1-15(5-7-16-8-6-15)14(18)17-12-2-3-13-11(10-12)4-9-19-13/h2-3,10,16H,4-9H2,1H3,(H,17,18). The van der Waals surface area contributed by atoms with Gasteiger partial charge in [-0.15, -0.1) is 0 Å². The minimum atomic E-state index is -0.249. The van der Waals surface area contributed by atoms with E-state index in [9.17, 15) is 4.79 Å². The number of carbonyl (C=O) groups excluding carboxylic acids is 1. The molecule has 2 heterocycles. The molecule has 0 saturated carbocycles. The SMILES string of the molecule is CC1(C(=O)Nc2ccc3c(c2)CCO3)CCNCC1. The highest BCUT2D eigenvalue weighted by Crippen LogP contribution is 2.31. The molecule has 0 bridgehead atoms. The maximum Gasteiger partial charge on any atom is 0.230 e. The van der Waals surface area contributed by atoms with Crippen molar-refractivity contribution in [3.8, 4) is 5.75 Å². The van der Waals surface area contributed by atoms with E-state index in [0.29, 0.717) is 0 Å². The lowest BCUT2D eigenvalue weighted by molar-refractivity contribution is -0.126. The number of hydrogen-bond acceptors (Lipinski definition) is 3. The van der Waals surface area contributed by atoms with Gasteiger partial charge >= 0.3 is 0 Å². The molecule has 1 amide bonds. The number of amides is 1. The zero-order valence-corrected chi connectivity index (χ0v) is 11.3. The van der Waals surface area contributed by atoms with Gasteiger partial charge < -0.3 is 15.4 Å². The molecule has 3 rings (SSSR count). The maximum absolute atomic E-state index is 12.4. The molecule has 1 aromatic rings. The molecule has 0 aliphatic carbocycles. The fourth-order valence-corrected chi connectivity index (χ4v) is 2.75. The summed E-state index contributed by atoms with van der Waals surface area (Å²) in [5.41, 5.74) is 1.82. The summed E-state index contributed by atoms with van der Waals surface area (Å²) in [7, 11) is 0. The first-order valence-corrected chi connectivity index (χ1v) is 6.95. The van der Waals surface area contributed by atoms with Crippen molar-refractivity contribution >= 4 is 11.6 Å². The van der Waals surface area contributed by atoms with E-state index in [-0.39, 0.29) is 11.3 Å². The lowest BCUT2D eigenvalue weighted by Gasteiger charge is -2.32. The van der Waals surface area contributed by atoms with Gasteiger partial charge in [-0.25, -0.2) is 0 Å². The Hall–Kier alpha value is -1.55. The molecule has 2 aliphatic heterocycles. The van der Waals surface area contributed by atoms with Crippen LogP contribution in [-0.4, -0.2) is 25.6 Å². The lowest BCUT2D eigenvalue weighted by atomic mass is 9.80. The summed E-state index contributed by atoms with van der Waals surface area (Å²) in [6.07, 6.45) is 2.72. The number of nitrogens with one attached hydrogen (secondary N) is 2. The Morgan fingerprint density at radius 3 is 2.95 bits per heavy atom. The Bertz CT molecular complexity index is 493. The molecule has 0 unspecified atom stereocenters. The second kappa shape index (κ2) is 4.85. The summed E-state index contributed by atoms with van der Waals surface area (Å²) in [6.45, 7) is 4.64. The van der Waals surface area contributed by atoms with E-state index in [1.807, 2.05) is 18.2 Å². The quantitative estimate of drug-likeness (QED) is 0.854. The van der Waals surface area contributed by atoms with Crippen molar-refractivity contribution in [2.45, 2.75) is 26.2 Å². The van der Waals surface area contributed by atoms with Crippen LogP contribution in [-0.2, 0) is 11.2 Å². The fraction of sp³-hybridized carbons (Fsp3) is 0.533. The van der Waals surface area contributed by atoms with Crippen molar-refractivity contribution in [1.82, 2.24) is 5.32 Å². The molecule has 0 aromatic heterocycles. The average Bonchev–Trinajstić information content (AvgIpc) is 2.87. The van der Waals surface area contributed by atoms with Gasteiger partial charge in [0.05, 0.1) is 6.61 Å². The first-order chi connectivity index (χ1) is 9.17. The van der Waals surface area contributed by atoms with Gasteiger partial charge in [0.2, 0.25) is 5.91 Å². The van der Waals surface area contributed by atoms with Crippen molar-refractivity contribution in [1.29, 1.82) is 0 Å². The highest BCUT2D eigenvalue weighted by atomic mass is 16.5. The Labute approximate surface area is 113 Å². The zero-order valence-electron chi connectivity index (χ0n) is 11.3. The van der Waals surface area contributed by atoms with Crippen LogP contribution in [0.3, 0.4) is 0 Å². The first kappa shape index (κ1) is 12.5. The molecule has 0 radical (unpaired) electrons. The monoisotopic (exact) mass is 260 g/mol. The molecule has 1 fully saturated rings. The molecule has 4 heteroatoms. The van der Waals surface area contributed by atoms with Gasteiger partial charge in [0.25, 0.3) is 0 Å². The molecule has 0 atom stereocenters. The van der Waals surface area contributed by atoms with Crippen LogP contribution in [0, 0.1) is 5.41 Å². The van der Waals surface area contributed by atoms with Crippen LogP contribution in [0.2, 0.25) is 0 Å². The van der Waals surface area contributed by atoms with E-state index in [1.165, 1.54) is 5.56 Å². The number of rotatable bonds is 2. The van der Waals surface area contributed by atoms with E-state index < -0.39 is 0 Å². The maximum atomic E-state index is 12.4. The number of anilines is 1. The number of hydrogen-bond donors (Lipinski definition) is 2. The van der Waals surface area contributed by atoms with E-state index in [1.54, 1.807) is 0 Å². The first-order valence-electron chi connectivity index (χ1n) is 6.95. The topological polar surface area (TPSA) is 50.4 Å². The third-order valence-corrected chi connectivity index (χ3v) is 4.20. The Kier molecular flexibility index (Phi) is 3.19. The Balaban J connectivity index is 1.72. The second-order valence-electron chi connectivity index (χ2n) is 5.69. The van der Waals surface area contributed by atoms with Crippen LogP contribution >= 0.6 is 0 Å². The van der Waals surface area contributed by atoms with Gasteiger partial charge in [0.1, 0.15) is 5.75 Å². The van der Waals surface area contributed by atoms with Gasteiger partial charge in [0, 0.05) is 17.5 Å². The summed E-state index contributed by atoms with van der Waals surface area (Å²) in [5, 5.41) is 6.36. The minimum Gasteiger partial charge on any atom is -0.493 e. The molecule has 2 aliphatic rings. The van der Waals surface area contributed by atoms with Crippen molar-refractivity contribution in [2.24, 2.45) is 5.41 Å². The van der Waals surface area contributed by atoms with E-state index >= 15 is 0 Å². The lowest BCUT2D eigenvalue weighted by Crippen LogP contribution is -2.42. The van der Waals surface area contributed by atoms with Gasteiger partial charge in [-0.1, -0.05) is 6.92 Å². The Morgan fingerprint density at radius 1 is 1.37 bits per heavy atom. The molecule has 102 valence electrons. The van der Waals surface area contributed by atoms with Crippen LogP contribution in [0.5, 0.6) is 5.75 Å². The fourth-order valence-electron chi connectivity index (χ4n) is 2.75. The zero-order chi connectivity index (χ0) is 13.3. The van der Waals surface area contributed by atoms with Crippen molar-refractivity contribution in [3.05, 3.63) is 23.8 Å². The van der Waals surface area contributed by atoms with Gasteiger partial charge in [-0.3, -0.25) is 4.79 Å². The molecule has 2 N–H and O–H groups in total. The molecule has 4 nitrogen and oxygen atoms in total. The highest BCUT2D eigenvalue weighted by molar-refractivity contribution is 5.95. The number of fused-ring (bicyclic) bond motifs is 1. The van der Waals surface area contributed by atoms with Gasteiger partial charge in [-0.05, 0) is 49.7 Å². The number of benzene rings is 1. The molecular formula is C15H20N2O2. The van der Waals surface area contributed by atoms with Gasteiger partial charge in [-0.2, -0.15) is 0 Å². The predicted molar refractivity (Wildman–Crippen MR) is 74.5 cm³/mol. The average molecular weight is 260 g/mol. The van der Waals surface area contributed by atoms with Crippen LogP contribution in [0.1, 0.15) is 25.3 Å². The van der Waals surface area contributed by atoms with Crippen LogP contribution in [0.25, 0.3) is 0 Å².